The molecule has 0 amide bonds. The number of nitrogens with one attached hydrogen (secondary N) is 1. The minimum atomic E-state index is -0.533. The molecule has 2 rings (SSSR count). The smallest absolute Gasteiger partial charge is 0.312 e. The molecule has 2 aromatic rings. The van der Waals surface area contributed by atoms with E-state index in [1.54, 1.807) is 24.3 Å². The maximum absolute atomic E-state index is 11.0. The quantitative estimate of drug-likeness (QED) is 0.692. The van der Waals surface area contributed by atoms with Crippen LogP contribution < -0.4 is 5.32 Å². The molecule has 0 aliphatic rings. The fraction of sp³-hybridized carbons (Fsp3) is 0. The summed E-state index contributed by atoms with van der Waals surface area (Å²) in [4.78, 5) is 14.4. The molecule has 0 aliphatic carbocycles. The monoisotopic (exact) mass is 318 g/mol. The van der Waals surface area contributed by atoms with Crippen molar-refractivity contribution < 1.29 is 4.92 Å². The molecule has 0 saturated carbocycles. The molecule has 0 saturated heterocycles. The third-order valence-corrected chi connectivity index (χ3v) is 2.77. The van der Waals surface area contributed by atoms with Crippen molar-refractivity contribution in [3.8, 4) is 6.07 Å². The molecule has 94 valence electrons. The standard InChI is InChI=1S/C12H7BrN4O2/c13-9-5-11(17(18)19)12(15-7-9)16-10-4-2-1-3-8(10)6-14/h1-5,7H,(H,15,16). The first-order valence-electron chi connectivity index (χ1n) is 5.18. The summed E-state index contributed by atoms with van der Waals surface area (Å²) in [5.41, 5.74) is 0.701. The molecule has 0 unspecified atom stereocenters. The number of pyridine rings is 1. The molecular weight excluding hydrogens is 312 g/mol. The summed E-state index contributed by atoms with van der Waals surface area (Å²) in [6.07, 6.45) is 1.45. The Morgan fingerprint density at radius 3 is 2.84 bits per heavy atom. The number of anilines is 2. The normalized spacial score (nSPS) is 9.68. The van der Waals surface area contributed by atoms with Gasteiger partial charge in [-0.15, -0.1) is 0 Å². The third kappa shape index (κ3) is 2.86. The molecular formula is C12H7BrN4O2. The average Bonchev–Trinajstić information content (AvgIpc) is 2.41. The van der Waals surface area contributed by atoms with Crippen molar-refractivity contribution in [1.29, 1.82) is 5.26 Å². The van der Waals surface area contributed by atoms with Crippen LogP contribution in [0.2, 0.25) is 0 Å². The zero-order valence-corrected chi connectivity index (χ0v) is 11.1. The van der Waals surface area contributed by atoms with Gasteiger partial charge in [-0.1, -0.05) is 12.1 Å². The molecule has 7 heteroatoms. The van der Waals surface area contributed by atoms with E-state index in [2.05, 4.69) is 26.2 Å². The highest BCUT2D eigenvalue weighted by Crippen LogP contribution is 2.29. The van der Waals surface area contributed by atoms with Crippen molar-refractivity contribution in [2.45, 2.75) is 0 Å². The fourth-order valence-corrected chi connectivity index (χ4v) is 1.80. The second kappa shape index (κ2) is 5.46. The molecule has 1 aromatic carbocycles. The Morgan fingerprint density at radius 2 is 2.16 bits per heavy atom. The van der Waals surface area contributed by atoms with E-state index in [-0.39, 0.29) is 11.5 Å². The van der Waals surface area contributed by atoms with Crippen molar-refractivity contribution in [3.05, 3.63) is 56.7 Å². The van der Waals surface area contributed by atoms with Gasteiger partial charge in [0.25, 0.3) is 0 Å². The molecule has 0 aliphatic heterocycles. The number of halogens is 1. The van der Waals surface area contributed by atoms with Crippen LogP contribution in [0.1, 0.15) is 5.56 Å². The summed E-state index contributed by atoms with van der Waals surface area (Å²) in [7, 11) is 0. The lowest BCUT2D eigenvalue weighted by Crippen LogP contribution is -2.00. The lowest BCUT2D eigenvalue weighted by molar-refractivity contribution is -0.384. The number of benzene rings is 1. The van der Waals surface area contributed by atoms with Crippen LogP contribution in [0.4, 0.5) is 17.2 Å². The van der Waals surface area contributed by atoms with E-state index in [4.69, 9.17) is 5.26 Å². The van der Waals surface area contributed by atoms with Gasteiger partial charge in [0, 0.05) is 16.7 Å². The van der Waals surface area contributed by atoms with Crippen LogP contribution in [0.5, 0.6) is 0 Å². The lowest BCUT2D eigenvalue weighted by Gasteiger charge is -2.07. The van der Waals surface area contributed by atoms with Gasteiger partial charge in [0.05, 0.1) is 16.2 Å². The van der Waals surface area contributed by atoms with Gasteiger partial charge in [0.1, 0.15) is 6.07 Å². The summed E-state index contributed by atoms with van der Waals surface area (Å²) >= 11 is 3.13. The molecule has 1 heterocycles. The molecule has 0 fully saturated rings. The molecule has 0 spiro atoms. The number of nitrogens with zero attached hydrogens (tertiary/aromatic N) is 3. The number of para-hydroxylation sites is 1. The van der Waals surface area contributed by atoms with Crippen LogP contribution in [-0.4, -0.2) is 9.91 Å². The van der Waals surface area contributed by atoms with E-state index < -0.39 is 4.92 Å². The van der Waals surface area contributed by atoms with Crippen molar-refractivity contribution in [1.82, 2.24) is 4.98 Å². The zero-order chi connectivity index (χ0) is 13.8. The molecule has 19 heavy (non-hydrogen) atoms. The van der Waals surface area contributed by atoms with Crippen LogP contribution in [0.3, 0.4) is 0 Å². The van der Waals surface area contributed by atoms with Gasteiger partial charge in [-0.3, -0.25) is 10.1 Å². The summed E-state index contributed by atoms with van der Waals surface area (Å²) in [5.74, 6) is 0.0934. The van der Waals surface area contributed by atoms with E-state index >= 15 is 0 Å². The zero-order valence-electron chi connectivity index (χ0n) is 9.50. The predicted molar refractivity (Wildman–Crippen MR) is 73.0 cm³/mol. The van der Waals surface area contributed by atoms with E-state index in [9.17, 15) is 10.1 Å². The Kier molecular flexibility index (Phi) is 3.73. The number of hydrogen-bond acceptors (Lipinski definition) is 5. The van der Waals surface area contributed by atoms with Crippen molar-refractivity contribution in [2.24, 2.45) is 0 Å². The van der Waals surface area contributed by atoms with Gasteiger partial charge in [0.15, 0.2) is 0 Å². The largest absolute Gasteiger partial charge is 0.333 e. The third-order valence-electron chi connectivity index (χ3n) is 2.33. The number of hydrogen-bond donors (Lipinski definition) is 1. The molecule has 0 radical (unpaired) electrons. The van der Waals surface area contributed by atoms with E-state index in [1.807, 2.05) is 6.07 Å². The Hall–Kier alpha value is -2.46. The predicted octanol–water partition coefficient (Wildman–Crippen LogP) is 3.37. The molecule has 6 nitrogen and oxygen atoms in total. The van der Waals surface area contributed by atoms with E-state index in [0.29, 0.717) is 15.7 Å². The summed E-state index contributed by atoms with van der Waals surface area (Å²) in [6.45, 7) is 0. The minimum Gasteiger partial charge on any atom is -0.333 e. The van der Waals surface area contributed by atoms with E-state index in [1.165, 1.54) is 12.3 Å². The Morgan fingerprint density at radius 1 is 1.42 bits per heavy atom. The van der Waals surface area contributed by atoms with Gasteiger partial charge in [-0.2, -0.15) is 5.26 Å². The molecule has 1 aromatic heterocycles. The highest BCUT2D eigenvalue weighted by molar-refractivity contribution is 9.10. The van der Waals surface area contributed by atoms with Gasteiger partial charge in [-0.25, -0.2) is 4.98 Å². The van der Waals surface area contributed by atoms with Crippen molar-refractivity contribution in [2.75, 3.05) is 5.32 Å². The first kappa shape index (κ1) is 13.0. The van der Waals surface area contributed by atoms with Crippen LogP contribution in [0.15, 0.2) is 41.0 Å². The Labute approximate surface area is 117 Å². The average molecular weight is 319 g/mol. The lowest BCUT2D eigenvalue weighted by atomic mass is 10.2. The van der Waals surface area contributed by atoms with Crippen LogP contribution in [0.25, 0.3) is 0 Å². The highest BCUT2D eigenvalue weighted by Gasteiger charge is 2.16. The van der Waals surface area contributed by atoms with Crippen molar-refractivity contribution in [3.63, 3.8) is 0 Å². The maximum atomic E-state index is 11.0. The van der Waals surface area contributed by atoms with Crippen LogP contribution in [0, 0.1) is 21.4 Å². The number of nitro groups is 1. The van der Waals surface area contributed by atoms with Crippen LogP contribution in [-0.2, 0) is 0 Å². The van der Waals surface area contributed by atoms with Gasteiger partial charge >= 0.3 is 5.69 Å². The number of aromatic nitrogens is 1. The summed E-state index contributed by atoms with van der Waals surface area (Å²) in [6, 6.07) is 10.1. The number of nitriles is 1. The Balaban J connectivity index is 2.44. The maximum Gasteiger partial charge on any atom is 0.312 e. The summed E-state index contributed by atoms with van der Waals surface area (Å²) in [5, 5.41) is 22.7. The van der Waals surface area contributed by atoms with Gasteiger partial charge in [0.2, 0.25) is 5.82 Å². The first-order valence-corrected chi connectivity index (χ1v) is 5.97. The number of rotatable bonds is 3. The highest BCUT2D eigenvalue weighted by atomic mass is 79.9. The molecule has 0 atom stereocenters. The molecule has 1 N–H and O–H groups in total. The topological polar surface area (TPSA) is 91.8 Å². The molecule has 0 bridgehead atoms. The van der Waals surface area contributed by atoms with Gasteiger partial charge in [-0.05, 0) is 28.1 Å². The van der Waals surface area contributed by atoms with Gasteiger partial charge < -0.3 is 5.32 Å². The summed E-state index contributed by atoms with van der Waals surface area (Å²) < 4.78 is 0.512. The first-order chi connectivity index (χ1) is 9.11. The van der Waals surface area contributed by atoms with Crippen LogP contribution >= 0.6 is 15.9 Å². The second-order valence-corrected chi connectivity index (χ2v) is 4.48. The minimum absolute atomic E-state index is 0.0934. The second-order valence-electron chi connectivity index (χ2n) is 3.56. The van der Waals surface area contributed by atoms with Crippen molar-refractivity contribution >= 4 is 33.1 Å². The SMILES string of the molecule is N#Cc1ccccc1Nc1ncc(Br)cc1[N+](=O)[O-]. The fourth-order valence-electron chi connectivity index (χ4n) is 1.48. The Bertz CT molecular complexity index is 682. The van der Waals surface area contributed by atoms with E-state index in [0.717, 1.165) is 0 Å².